The summed E-state index contributed by atoms with van der Waals surface area (Å²) in [6.45, 7) is 2.43. The van der Waals surface area contributed by atoms with Gasteiger partial charge in [0, 0.05) is 23.7 Å². The standard InChI is InChI=1S/C26H21N3O2S/c1-17-7-9-18(10-8-17)20-11-12-21-16-29(25(31)22(21)15-20)23(19-5-3-2-4-6-19)24(30)28-26-27-13-14-32-26/h2-15,23H,16H2,1H3,(H,27,28,30). The average molecular weight is 440 g/mol. The number of rotatable bonds is 5. The molecular formula is C26H21N3O2S. The van der Waals surface area contributed by atoms with E-state index < -0.39 is 6.04 Å². The van der Waals surface area contributed by atoms with Gasteiger partial charge in [0.1, 0.15) is 6.04 Å². The third-order valence-electron chi connectivity index (χ3n) is 5.66. The number of aromatic nitrogens is 1. The first-order valence-electron chi connectivity index (χ1n) is 10.4. The van der Waals surface area contributed by atoms with Crippen LogP contribution in [0.25, 0.3) is 11.1 Å². The number of hydrogen-bond donors (Lipinski definition) is 1. The lowest BCUT2D eigenvalue weighted by atomic mass is 10.00. The van der Waals surface area contributed by atoms with Crippen LogP contribution in [0.4, 0.5) is 5.13 Å². The molecular weight excluding hydrogens is 418 g/mol. The largest absolute Gasteiger partial charge is 0.318 e. The van der Waals surface area contributed by atoms with Crippen molar-refractivity contribution in [1.29, 1.82) is 0 Å². The van der Waals surface area contributed by atoms with Crippen molar-refractivity contribution in [3.63, 3.8) is 0 Å². The Morgan fingerprint density at radius 3 is 2.50 bits per heavy atom. The third-order valence-corrected chi connectivity index (χ3v) is 6.35. The van der Waals surface area contributed by atoms with E-state index in [9.17, 15) is 9.59 Å². The molecule has 0 bridgehead atoms. The number of aryl methyl sites for hydroxylation is 1. The van der Waals surface area contributed by atoms with Crippen molar-refractivity contribution in [2.75, 3.05) is 5.32 Å². The van der Waals surface area contributed by atoms with Gasteiger partial charge in [-0.3, -0.25) is 14.9 Å². The zero-order valence-electron chi connectivity index (χ0n) is 17.5. The van der Waals surface area contributed by atoms with E-state index in [2.05, 4.69) is 34.6 Å². The van der Waals surface area contributed by atoms with E-state index in [1.54, 1.807) is 16.5 Å². The number of thiazole rings is 1. The fourth-order valence-electron chi connectivity index (χ4n) is 4.02. The van der Waals surface area contributed by atoms with Crippen LogP contribution >= 0.6 is 11.3 Å². The highest BCUT2D eigenvalue weighted by molar-refractivity contribution is 7.13. The van der Waals surface area contributed by atoms with Crippen molar-refractivity contribution in [2.45, 2.75) is 19.5 Å². The lowest BCUT2D eigenvalue weighted by Crippen LogP contribution is -2.37. The van der Waals surface area contributed by atoms with Gasteiger partial charge in [-0.05, 0) is 35.2 Å². The van der Waals surface area contributed by atoms with Gasteiger partial charge in [0.2, 0.25) is 0 Å². The fourth-order valence-corrected chi connectivity index (χ4v) is 4.56. The number of anilines is 1. The van der Waals surface area contributed by atoms with Crippen LogP contribution < -0.4 is 5.32 Å². The number of amides is 2. The summed E-state index contributed by atoms with van der Waals surface area (Å²) in [5, 5.41) is 5.18. The molecule has 1 atom stereocenters. The Morgan fingerprint density at radius 2 is 1.78 bits per heavy atom. The Kier molecular flexibility index (Phi) is 5.29. The lowest BCUT2D eigenvalue weighted by Gasteiger charge is -2.27. The Hall–Kier alpha value is -3.77. The maximum atomic E-state index is 13.5. The number of nitrogens with one attached hydrogen (secondary N) is 1. The smallest absolute Gasteiger partial charge is 0.255 e. The molecule has 2 heterocycles. The van der Waals surface area contributed by atoms with Gasteiger partial charge >= 0.3 is 0 Å². The molecule has 0 radical (unpaired) electrons. The van der Waals surface area contributed by atoms with E-state index in [4.69, 9.17) is 0 Å². The summed E-state index contributed by atoms with van der Waals surface area (Å²) < 4.78 is 0. The summed E-state index contributed by atoms with van der Waals surface area (Å²) >= 11 is 1.35. The minimum atomic E-state index is -0.747. The molecule has 5 rings (SSSR count). The molecule has 0 aliphatic carbocycles. The van der Waals surface area contributed by atoms with Crippen LogP contribution in [0.3, 0.4) is 0 Å². The van der Waals surface area contributed by atoms with E-state index in [0.29, 0.717) is 17.2 Å². The number of hydrogen-bond acceptors (Lipinski definition) is 4. The van der Waals surface area contributed by atoms with Crippen LogP contribution in [0.2, 0.25) is 0 Å². The molecule has 5 nitrogen and oxygen atoms in total. The highest BCUT2D eigenvalue weighted by Crippen LogP contribution is 2.34. The van der Waals surface area contributed by atoms with E-state index in [1.807, 2.05) is 55.5 Å². The van der Waals surface area contributed by atoms with Gasteiger partial charge in [-0.1, -0.05) is 72.3 Å². The number of nitrogens with zero attached hydrogens (tertiary/aromatic N) is 2. The molecule has 2 amide bonds. The maximum absolute atomic E-state index is 13.5. The predicted molar refractivity (Wildman–Crippen MR) is 126 cm³/mol. The van der Waals surface area contributed by atoms with Crippen LogP contribution in [-0.2, 0) is 11.3 Å². The summed E-state index contributed by atoms with van der Waals surface area (Å²) in [6.07, 6.45) is 1.64. The second-order valence-electron chi connectivity index (χ2n) is 7.81. The van der Waals surface area contributed by atoms with Gasteiger partial charge in [0.25, 0.3) is 11.8 Å². The zero-order chi connectivity index (χ0) is 22.1. The first kappa shape index (κ1) is 20.2. The zero-order valence-corrected chi connectivity index (χ0v) is 18.3. The first-order valence-corrected chi connectivity index (χ1v) is 11.2. The number of benzene rings is 3. The van der Waals surface area contributed by atoms with Crippen molar-refractivity contribution < 1.29 is 9.59 Å². The van der Waals surface area contributed by atoms with Gasteiger partial charge in [-0.25, -0.2) is 4.98 Å². The summed E-state index contributed by atoms with van der Waals surface area (Å²) in [5.74, 6) is -0.414. The van der Waals surface area contributed by atoms with Crippen molar-refractivity contribution >= 4 is 28.3 Å². The Morgan fingerprint density at radius 1 is 1.03 bits per heavy atom. The summed E-state index contributed by atoms with van der Waals surface area (Å²) in [5.41, 5.74) is 5.57. The minimum absolute atomic E-state index is 0.142. The first-order chi connectivity index (χ1) is 15.6. The van der Waals surface area contributed by atoms with E-state index in [-0.39, 0.29) is 11.8 Å². The molecule has 0 saturated heterocycles. The van der Waals surface area contributed by atoms with Crippen LogP contribution in [0.1, 0.15) is 33.1 Å². The molecule has 1 aromatic heterocycles. The van der Waals surface area contributed by atoms with Gasteiger partial charge < -0.3 is 4.90 Å². The molecule has 6 heteroatoms. The molecule has 1 unspecified atom stereocenters. The highest BCUT2D eigenvalue weighted by Gasteiger charge is 2.37. The molecule has 1 aliphatic rings. The van der Waals surface area contributed by atoms with Crippen molar-refractivity contribution in [3.05, 3.63) is 107 Å². The molecule has 158 valence electrons. The molecule has 0 fully saturated rings. The predicted octanol–water partition coefficient (Wildman–Crippen LogP) is 5.45. The van der Waals surface area contributed by atoms with Crippen molar-refractivity contribution in [1.82, 2.24) is 9.88 Å². The van der Waals surface area contributed by atoms with Gasteiger partial charge in [0.15, 0.2) is 5.13 Å². The van der Waals surface area contributed by atoms with Crippen LogP contribution in [0.5, 0.6) is 0 Å². The highest BCUT2D eigenvalue weighted by atomic mass is 32.1. The second kappa shape index (κ2) is 8.40. The Balaban J connectivity index is 1.48. The Labute approximate surface area is 190 Å². The molecule has 3 aromatic carbocycles. The second-order valence-corrected chi connectivity index (χ2v) is 8.71. The van der Waals surface area contributed by atoms with Crippen molar-refractivity contribution in [2.24, 2.45) is 0 Å². The number of carbonyl (C=O) groups is 2. The normalized spacial score (nSPS) is 13.7. The number of carbonyl (C=O) groups excluding carboxylic acids is 2. The monoisotopic (exact) mass is 439 g/mol. The van der Waals surface area contributed by atoms with E-state index in [0.717, 1.165) is 22.3 Å². The molecule has 0 saturated carbocycles. The topological polar surface area (TPSA) is 62.3 Å². The summed E-state index contributed by atoms with van der Waals surface area (Å²) in [6, 6.07) is 22.8. The minimum Gasteiger partial charge on any atom is -0.318 e. The quantitative estimate of drug-likeness (QED) is 0.449. The van der Waals surface area contributed by atoms with Crippen molar-refractivity contribution in [3.8, 4) is 11.1 Å². The van der Waals surface area contributed by atoms with Crippen LogP contribution in [0, 0.1) is 6.92 Å². The molecule has 1 N–H and O–H groups in total. The molecule has 4 aromatic rings. The molecule has 0 spiro atoms. The Bertz CT molecular complexity index is 1270. The molecule has 32 heavy (non-hydrogen) atoms. The average Bonchev–Trinajstić information content (AvgIpc) is 3.43. The number of fused-ring (bicyclic) bond motifs is 1. The van der Waals surface area contributed by atoms with Gasteiger partial charge in [-0.2, -0.15) is 0 Å². The lowest BCUT2D eigenvalue weighted by molar-refractivity contribution is -0.120. The SMILES string of the molecule is Cc1ccc(-c2ccc3c(c2)C(=O)N(C(C(=O)Nc2nccs2)c2ccccc2)C3)cc1. The summed E-state index contributed by atoms with van der Waals surface area (Å²) in [7, 11) is 0. The third kappa shape index (κ3) is 3.81. The maximum Gasteiger partial charge on any atom is 0.255 e. The molecule has 1 aliphatic heterocycles. The van der Waals surface area contributed by atoms with Gasteiger partial charge in [-0.15, -0.1) is 11.3 Å². The van der Waals surface area contributed by atoms with Crippen LogP contribution in [-0.4, -0.2) is 21.7 Å². The summed E-state index contributed by atoms with van der Waals surface area (Å²) in [4.78, 5) is 32.6. The van der Waals surface area contributed by atoms with E-state index in [1.165, 1.54) is 16.9 Å². The van der Waals surface area contributed by atoms with Gasteiger partial charge in [0.05, 0.1) is 0 Å². The van der Waals surface area contributed by atoms with E-state index >= 15 is 0 Å². The fraction of sp³-hybridized carbons (Fsp3) is 0.115. The van der Waals surface area contributed by atoms with Crippen LogP contribution in [0.15, 0.2) is 84.4 Å².